The summed E-state index contributed by atoms with van der Waals surface area (Å²) in [6.07, 6.45) is -0.178. The van der Waals surface area contributed by atoms with Gasteiger partial charge in [-0.1, -0.05) is 5.16 Å². The molecule has 2 aromatic heterocycles. The molecule has 0 aliphatic carbocycles. The maximum Gasteiger partial charge on any atom is 0.306 e. The van der Waals surface area contributed by atoms with Gasteiger partial charge in [-0.3, -0.25) is 9.59 Å². The second-order valence-electron chi connectivity index (χ2n) is 5.25. The van der Waals surface area contributed by atoms with Crippen LogP contribution in [-0.4, -0.2) is 27.9 Å². The molecule has 0 unspecified atom stereocenters. The smallest absolute Gasteiger partial charge is 0.306 e. The number of hydrogen-bond donors (Lipinski definition) is 2. The van der Waals surface area contributed by atoms with Gasteiger partial charge in [-0.2, -0.15) is 0 Å². The first-order chi connectivity index (χ1) is 11.4. The lowest BCUT2D eigenvalue weighted by molar-refractivity contribution is -0.143. The highest BCUT2D eigenvalue weighted by Gasteiger charge is 2.31. The molecule has 1 atom stereocenters. The maximum absolute atomic E-state index is 12.0. The van der Waals surface area contributed by atoms with Gasteiger partial charge in [0, 0.05) is 11.6 Å². The lowest BCUT2D eigenvalue weighted by Gasteiger charge is -2.17. The first-order valence-corrected chi connectivity index (χ1v) is 7.44. The van der Waals surface area contributed by atoms with E-state index in [1.165, 1.54) is 0 Å². The molecule has 0 radical (unpaired) electrons. The van der Waals surface area contributed by atoms with E-state index in [9.17, 15) is 19.8 Å². The van der Waals surface area contributed by atoms with Crippen molar-refractivity contribution < 1.29 is 28.7 Å². The van der Waals surface area contributed by atoms with Gasteiger partial charge in [0.05, 0.1) is 24.6 Å². The highest BCUT2D eigenvalue weighted by atomic mass is 16.5. The van der Waals surface area contributed by atoms with Crippen molar-refractivity contribution in [1.29, 1.82) is 0 Å². The van der Waals surface area contributed by atoms with E-state index in [4.69, 9.17) is 13.7 Å². The van der Waals surface area contributed by atoms with Gasteiger partial charge in [-0.05, 0) is 20.8 Å². The van der Waals surface area contributed by atoms with Crippen LogP contribution in [0.3, 0.4) is 0 Å². The molecule has 8 nitrogen and oxygen atoms in total. The number of hydrogen-bond acceptors (Lipinski definition) is 8. The molecule has 2 aromatic rings. The lowest BCUT2D eigenvalue weighted by atomic mass is 9.91. The van der Waals surface area contributed by atoms with Crippen molar-refractivity contribution in [2.24, 2.45) is 0 Å². The van der Waals surface area contributed by atoms with E-state index in [2.05, 4.69) is 5.16 Å². The number of aromatic hydroxyl groups is 1. The minimum Gasteiger partial charge on any atom is -0.502 e. The molecule has 0 amide bonds. The Morgan fingerprint density at radius 3 is 2.67 bits per heavy atom. The summed E-state index contributed by atoms with van der Waals surface area (Å²) in [5.74, 6) is -1.70. The number of aromatic nitrogens is 1. The maximum atomic E-state index is 12.0. The number of aliphatic hydroxyl groups is 1. The number of carbonyl (C=O) groups is 1. The average molecular weight is 337 g/mol. The fraction of sp³-hybridized carbons (Fsp3) is 0.438. The summed E-state index contributed by atoms with van der Waals surface area (Å²) in [7, 11) is 0. The topological polar surface area (TPSA) is 123 Å². The van der Waals surface area contributed by atoms with Crippen molar-refractivity contribution in [3.63, 3.8) is 0 Å². The second-order valence-corrected chi connectivity index (χ2v) is 5.25. The zero-order valence-corrected chi connectivity index (χ0v) is 13.7. The third-order valence-corrected chi connectivity index (χ3v) is 3.59. The van der Waals surface area contributed by atoms with Crippen LogP contribution in [-0.2, 0) is 16.1 Å². The van der Waals surface area contributed by atoms with Gasteiger partial charge in [-0.25, -0.2) is 0 Å². The molecule has 2 heterocycles. The Kier molecular flexibility index (Phi) is 5.40. The minimum absolute atomic E-state index is 0.0200. The van der Waals surface area contributed by atoms with Gasteiger partial charge < -0.3 is 23.9 Å². The summed E-state index contributed by atoms with van der Waals surface area (Å²) in [4.78, 5) is 23.9. The first-order valence-electron chi connectivity index (χ1n) is 7.44. The zero-order valence-electron chi connectivity index (χ0n) is 13.7. The van der Waals surface area contributed by atoms with E-state index >= 15 is 0 Å². The van der Waals surface area contributed by atoms with Crippen LogP contribution in [0.2, 0.25) is 0 Å². The third kappa shape index (κ3) is 3.48. The Balaban J connectivity index is 2.61. The molecule has 8 heteroatoms. The van der Waals surface area contributed by atoms with Crippen LogP contribution in [0, 0.1) is 13.8 Å². The largest absolute Gasteiger partial charge is 0.502 e. The first kappa shape index (κ1) is 17.7. The summed E-state index contributed by atoms with van der Waals surface area (Å²) in [5.41, 5.74) is 0.316. The van der Waals surface area contributed by atoms with Crippen LogP contribution in [0.25, 0.3) is 0 Å². The molecule has 0 saturated carbocycles. The summed E-state index contributed by atoms with van der Waals surface area (Å²) >= 11 is 0. The molecule has 2 rings (SSSR count). The van der Waals surface area contributed by atoms with Gasteiger partial charge in [0.15, 0.2) is 5.76 Å². The standard InChI is InChI=1S/C16H19NO7/c1-4-22-13(20)6-11(14-8(2)17-24-9(14)3)16-15(21)12(19)5-10(7-18)23-16/h5,11,18,21H,4,6-7H2,1-3H3/t11-/m0/s1. The van der Waals surface area contributed by atoms with E-state index in [0.29, 0.717) is 17.0 Å². The van der Waals surface area contributed by atoms with Crippen LogP contribution in [0.5, 0.6) is 5.75 Å². The predicted molar refractivity (Wildman–Crippen MR) is 81.6 cm³/mol. The molecule has 0 saturated heterocycles. The summed E-state index contributed by atoms with van der Waals surface area (Å²) in [6, 6.07) is 0.994. The van der Waals surface area contributed by atoms with Gasteiger partial charge >= 0.3 is 5.97 Å². The van der Waals surface area contributed by atoms with Crippen molar-refractivity contribution >= 4 is 5.97 Å². The number of nitrogens with zero attached hydrogens (tertiary/aromatic N) is 1. The Morgan fingerprint density at radius 2 is 2.12 bits per heavy atom. The number of rotatable bonds is 6. The van der Waals surface area contributed by atoms with Crippen LogP contribution >= 0.6 is 0 Å². The minimum atomic E-state index is -0.825. The van der Waals surface area contributed by atoms with Crippen molar-refractivity contribution in [3.8, 4) is 5.75 Å². The zero-order chi connectivity index (χ0) is 17.9. The van der Waals surface area contributed by atoms with E-state index in [1.807, 2.05) is 0 Å². The van der Waals surface area contributed by atoms with Crippen LogP contribution < -0.4 is 5.43 Å². The molecule has 0 aliphatic rings. The van der Waals surface area contributed by atoms with E-state index in [0.717, 1.165) is 6.07 Å². The predicted octanol–water partition coefficient (Wildman–Crippen LogP) is 1.53. The Morgan fingerprint density at radius 1 is 1.42 bits per heavy atom. The van der Waals surface area contributed by atoms with Crippen molar-refractivity contribution in [2.75, 3.05) is 6.61 Å². The van der Waals surface area contributed by atoms with E-state index < -0.39 is 29.7 Å². The highest BCUT2D eigenvalue weighted by Crippen LogP contribution is 2.36. The molecular weight excluding hydrogens is 318 g/mol. The van der Waals surface area contributed by atoms with Crippen LogP contribution in [0.4, 0.5) is 0 Å². The molecule has 0 aromatic carbocycles. The number of aliphatic hydroxyl groups excluding tert-OH is 1. The molecule has 0 spiro atoms. The Hall–Kier alpha value is -2.61. The quantitative estimate of drug-likeness (QED) is 0.761. The average Bonchev–Trinajstić information content (AvgIpc) is 2.87. The lowest BCUT2D eigenvalue weighted by Crippen LogP contribution is -2.15. The highest BCUT2D eigenvalue weighted by molar-refractivity contribution is 5.71. The number of esters is 1. The van der Waals surface area contributed by atoms with Gasteiger partial charge in [0.2, 0.25) is 11.2 Å². The van der Waals surface area contributed by atoms with Crippen molar-refractivity contribution in [2.45, 2.75) is 39.7 Å². The van der Waals surface area contributed by atoms with Crippen molar-refractivity contribution in [1.82, 2.24) is 5.16 Å². The monoisotopic (exact) mass is 337 g/mol. The number of carbonyl (C=O) groups excluding carboxylic acids is 1. The van der Waals surface area contributed by atoms with E-state index in [1.54, 1.807) is 20.8 Å². The molecule has 2 N–H and O–H groups in total. The molecule has 0 bridgehead atoms. The summed E-state index contributed by atoms with van der Waals surface area (Å²) in [5, 5.41) is 23.2. The van der Waals surface area contributed by atoms with Gasteiger partial charge in [-0.15, -0.1) is 0 Å². The second kappa shape index (κ2) is 7.31. The molecule has 130 valence electrons. The number of ether oxygens (including phenoxy) is 1. The fourth-order valence-corrected chi connectivity index (χ4v) is 2.57. The third-order valence-electron chi connectivity index (χ3n) is 3.59. The van der Waals surface area contributed by atoms with Crippen LogP contribution in [0.15, 0.2) is 19.8 Å². The Bertz CT molecular complexity index is 771. The van der Waals surface area contributed by atoms with E-state index in [-0.39, 0.29) is 24.5 Å². The Labute approximate surface area is 137 Å². The fourth-order valence-electron chi connectivity index (χ4n) is 2.57. The molecule has 24 heavy (non-hydrogen) atoms. The summed E-state index contributed by atoms with van der Waals surface area (Å²) < 4.78 is 15.5. The molecule has 0 fully saturated rings. The number of aryl methyl sites for hydroxylation is 2. The van der Waals surface area contributed by atoms with Crippen LogP contribution in [0.1, 0.15) is 47.8 Å². The van der Waals surface area contributed by atoms with Gasteiger partial charge in [0.1, 0.15) is 18.1 Å². The summed E-state index contributed by atoms with van der Waals surface area (Å²) in [6.45, 7) is 4.68. The van der Waals surface area contributed by atoms with Crippen molar-refractivity contribution in [3.05, 3.63) is 44.8 Å². The molecule has 0 aliphatic heterocycles. The SMILES string of the molecule is CCOC(=O)C[C@H](c1oc(CO)cc(=O)c1O)c1c(C)noc1C. The normalized spacial score (nSPS) is 12.2. The van der Waals surface area contributed by atoms with Gasteiger partial charge in [0.25, 0.3) is 0 Å². The molecular formula is C16H19NO7.